The van der Waals surface area contributed by atoms with Gasteiger partial charge in [-0.15, -0.1) is 0 Å². The van der Waals surface area contributed by atoms with E-state index >= 15 is 0 Å². The van der Waals surface area contributed by atoms with Crippen LogP contribution in [0.2, 0.25) is 0 Å². The molecule has 0 saturated heterocycles. The van der Waals surface area contributed by atoms with Crippen molar-refractivity contribution in [3.05, 3.63) is 0 Å². The Morgan fingerprint density at radius 1 is 1.39 bits per heavy atom. The predicted molar refractivity (Wildman–Crippen MR) is 50.6 cm³/mol. The molecule has 0 aromatic rings. The molecule has 1 aliphatic carbocycles. The Kier molecular flexibility index (Phi) is 3.60. The number of halogens is 3. The van der Waals surface area contributed by atoms with Crippen LogP contribution in [0.3, 0.4) is 0 Å². The van der Waals surface area contributed by atoms with Crippen molar-refractivity contribution in [2.24, 2.45) is 17.3 Å². The van der Waals surface area contributed by atoms with Crippen LogP contribution in [0.1, 0.15) is 13.8 Å². The number of esters is 1. The molecule has 2 unspecified atom stereocenters. The van der Waals surface area contributed by atoms with E-state index in [-0.39, 0.29) is 0 Å². The van der Waals surface area contributed by atoms with Gasteiger partial charge in [0.15, 0.2) is 6.61 Å². The second-order valence-electron chi connectivity index (χ2n) is 4.56. The maximum absolute atomic E-state index is 11.7. The van der Waals surface area contributed by atoms with Crippen LogP contribution >= 0.6 is 0 Å². The summed E-state index contributed by atoms with van der Waals surface area (Å²) in [5, 5.41) is 10.6. The number of hydrogen-bond donors (Lipinski definition) is 0. The van der Waals surface area contributed by atoms with Gasteiger partial charge >= 0.3 is 12.1 Å². The zero-order valence-corrected chi connectivity index (χ0v) is 9.63. The molecular weight excluding hydrogens is 253 g/mol. The van der Waals surface area contributed by atoms with E-state index < -0.39 is 42.0 Å². The molecule has 0 aliphatic heterocycles. The maximum atomic E-state index is 11.7. The third kappa shape index (κ3) is 3.39. The molecule has 0 radical (unpaired) electrons. The number of aliphatic carboxylic acids is 1. The monoisotopic (exact) mass is 263 g/mol. The molecule has 1 aliphatic rings. The van der Waals surface area contributed by atoms with Crippen molar-refractivity contribution in [2.75, 3.05) is 6.61 Å². The second kappa shape index (κ2) is 4.52. The van der Waals surface area contributed by atoms with E-state index in [2.05, 4.69) is 10.7 Å². The predicted octanol–water partition coefficient (Wildman–Crippen LogP) is 0.117. The number of carboxylic acid groups (broad SMARTS) is 1. The Labute approximate surface area is 101 Å². The minimum Gasteiger partial charge on any atom is -0.550 e. The van der Waals surface area contributed by atoms with Crippen molar-refractivity contribution in [3.63, 3.8) is 0 Å². The summed E-state index contributed by atoms with van der Waals surface area (Å²) in [5.41, 5.74) is -0.643. The molecule has 0 aromatic carbocycles. The summed E-state index contributed by atoms with van der Waals surface area (Å²) in [6.07, 6.45) is -4.61. The fourth-order valence-corrected chi connectivity index (χ4v) is 1.67. The first kappa shape index (κ1) is 14.4. The number of hydrogen-bond acceptors (Lipinski definition) is 4. The zero-order valence-electron chi connectivity index (χ0n) is 9.63. The van der Waals surface area contributed by atoms with Crippen molar-refractivity contribution in [1.82, 2.24) is 0 Å². The van der Waals surface area contributed by atoms with Gasteiger partial charge in [-0.1, -0.05) is 19.8 Å². The molecule has 0 bridgehead atoms. The fourth-order valence-electron chi connectivity index (χ4n) is 1.67. The molecule has 7 heteroatoms. The second-order valence-corrected chi connectivity index (χ2v) is 4.56. The van der Waals surface area contributed by atoms with Gasteiger partial charge in [-0.3, -0.25) is 0 Å². The van der Waals surface area contributed by atoms with Crippen molar-refractivity contribution in [1.29, 1.82) is 0 Å². The van der Waals surface area contributed by atoms with Gasteiger partial charge in [0, 0.05) is 23.7 Å². The van der Waals surface area contributed by atoms with E-state index in [0.717, 1.165) is 0 Å². The molecule has 1 fully saturated rings. The lowest BCUT2D eigenvalue weighted by molar-refractivity contribution is -0.308. The van der Waals surface area contributed by atoms with Crippen molar-refractivity contribution < 1.29 is 32.6 Å². The van der Waals surface area contributed by atoms with E-state index in [0.29, 0.717) is 0 Å². The first-order valence-corrected chi connectivity index (χ1v) is 5.01. The normalized spacial score (nSPS) is 24.7. The van der Waals surface area contributed by atoms with Crippen LogP contribution in [0.25, 0.3) is 0 Å². The molecule has 0 aromatic heterocycles. The highest BCUT2D eigenvalue weighted by atomic mass is 19.4. The zero-order chi connectivity index (χ0) is 14.1. The van der Waals surface area contributed by atoms with Crippen LogP contribution in [0, 0.1) is 29.1 Å². The van der Waals surface area contributed by atoms with Crippen LogP contribution in [-0.4, -0.2) is 24.7 Å². The van der Waals surface area contributed by atoms with Gasteiger partial charge in [0.05, 0.1) is 0 Å². The lowest BCUT2D eigenvalue weighted by atomic mass is 10.1. The summed E-state index contributed by atoms with van der Waals surface area (Å²) in [6, 6.07) is 0. The summed E-state index contributed by atoms with van der Waals surface area (Å²) < 4.78 is 39.0. The SMILES string of the molecule is CC1(C)C(C#CC(=O)OCC(F)(F)F)C1C(=O)[O-]. The lowest BCUT2D eigenvalue weighted by Gasteiger charge is -2.04. The van der Waals surface area contributed by atoms with Crippen molar-refractivity contribution in [2.45, 2.75) is 20.0 Å². The van der Waals surface area contributed by atoms with Crippen LogP contribution in [-0.2, 0) is 14.3 Å². The molecule has 0 spiro atoms. The smallest absolute Gasteiger partial charge is 0.422 e. The van der Waals surface area contributed by atoms with Gasteiger partial charge in [-0.05, 0) is 5.41 Å². The van der Waals surface area contributed by atoms with Crippen LogP contribution in [0.5, 0.6) is 0 Å². The minimum atomic E-state index is -4.61. The average Bonchev–Trinajstić information content (AvgIpc) is 2.73. The first-order valence-electron chi connectivity index (χ1n) is 5.01. The molecule has 100 valence electrons. The number of ether oxygens (including phenoxy) is 1. The minimum absolute atomic E-state index is 0.610. The van der Waals surface area contributed by atoms with Gasteiger partial charge in [0.2, 0.25) is 0 Å². The third-order valence-corrected chi connectivity index (χ3v) is 2.78. The van der Waals surface area contributed by atoms with Crippen molar-refractivity contribution in [3.8, 4) is 11.8 Å². The largest absolute Gasteiger partial charge is 0.550 e. The van der Waals surface area contributed by atoms with Gasteiger partial charge < -0.3 is 14.6 Å². The fraction of sp³-hybridized carbons (Fsp3) is 0.636. The Hall–Kier alpha value is -1.71. The topological polar surface area (TPSA) is 66.4 Å². The summed E-state index contributed by atoms with van der Waals surface area (Å²) in [5.74, 6) is 0.112. The summed E-state index contributed by atoms with van der Waals surface area (Å²) in [6.45, 7) is 1.53. The summed E-state index contributed by atoms with van der Waals surface area (Å²) in [4.78, 5) is 21.5. The highest BCUT2D eigenvalue weighted by Crippen LogP contribution is 2.57. The van der Waals surface area contributed by atoms with E-state index in [4.69, 9.17) is 0 Å². The molecule has 4 nitrogen and oxygen atoms in total. The van der Waals surface area contributed by atoms with Gasteiger partial charge in [-0.2, -0.15) is 13.2 Å². The Morgan fingerprint density at radius 2 is 1.94 bits per heavy atom. The van der Waals surface area contributed by atoms with Crippen molar-refractivity contribution >= 4 is 11.9 Å². The maximum Gasteiger partial charge on any atom is 0.422 e. The highest BCUT2D eigenvalue weighted by molar-refractivity contribution is 5.89. The Bertz CT molecular complexity index is 428. The summed E-state index contributed by atoms with van der Waals surface area (Å²) >= 11 is 0. The Balaban J connectivity index is 2.53. The molecule has 1 saturated carbocycles. The van der Waals surface area contributed by atoms with Gasteiger partial charge in [0.1, 0.15) is 0 Å². The van der Waals surface area contributed by atoms with E-state index in [1.54, 1.807) is 13.8 Å². The third-order valence-electron chi connectivity index (χ3n) is 2.78. The average molecular weight is 263 g/mol. The number of alkyl halides is 3. The molecule has 0 heterocycles. The molecule has 0 N–H and O–H groups in total. The van der Waals surface area contributed by atoms with Gasteiger partial charge in [-0.25, -0.2) is 4.79 Å². The van der Waals surface area contributed by atoms with Crippen LogP contribution in [0.4, 0.5) is 13.2 Å². The number of carbonyl (C=O) groups excluding carboxylic acids is 2. The van der Waals surface area contributed by atoms with Gasteiger partial charge in [0.25, 0.3) is 0 Å². The highest BCUT2D eigenvalue weighted by Gasteiger charge is 2.57. The molecule has 1 rings (SSSR count). The number of carbonyl (C=O) groups is 2. The van der Waals surface area contributed by atoms with E-state index in [1.165, 1.54) is 0 Å². The quantitative estimate of drug-likeness (QED) is 0.403. The Morgan fingerprint density at radius 3 is 2.33 bits per heavy atom. The lowest BCUT2D eigenvalue weighted by Crippen LogP contribution is -2.26. The molecule has 0 amide bonds. The molecule has 2 atom stereocenters. The van der Waals surface area contributed by atoms with Crippen LogP contribution < -0.4 is 5.11 Å². The summed E-state index contributed by atoms with van der Waals surface area (Å²) in [7, 11) is 0. The molecule has 18 heavy (non-hydrogen) atoms. The number of rotatable bonds is 2. The van der Waals surface area contributed by atoms with Crippen LogP contribution in [0.15, 0.2) is 0 Å². The number of carboxylic acids is 1. The van der Waals surface area contributed by atoms with E-state index in [9.17, 15) is 27.9 Å². The standard InChI is InChI=1S/C11H11F3O4/c1-10(2)6(8(10)9(16)17)3-4-7(15)18-5-11(12,13)14/h6,8H,5H2,1-2H3,(H,16,17)/p-1. The van der Waals surface area contributed by atoms with E-state index in [1.807, 2.05) is 5.92 Å². The molecular formula is C11H10F3O4-. The first-order chi connectivity index (χ1) is 8.05.